The van der Waals surface area contributed by atoms with E-state index in [1.165, 1.54) is 178 Å². The van der Waals surface area contributed by atoms with E-state index in [-0.39, 0.29) is 0 Å². The van der Waals surface area contributed by atoms with E-state index in [0.717, 1.165) is 90.7 Å². The van der Waals surface area contributed by atoms with Gasteiger partial charge in [-0.1, -0.05) is 556 Å². The quantitative estimate of drug-likeness (QED) is 0.0299. The summed E-state index contributed by atoms with van der Waals surface area (Å²) in [4.78, 5) is 0. The van der Waals surface area contributed by atoms with Crippen LogP contribution in [-0.4, -0.2) is 84.1 Å². The number of rotatable bonds is 33. The third-order valence-electron chi connectivity index (χ3n) is 34.2. The standard InChI is InChI=1S/C25H40O2Si2.C24H36OSi2.C18H22OSi.2C18H24OSi.C12H8O.C12H10O/c1-8-28(9-2,10-3)22-18-20(17-21(19-22)27-7)23-15-14-16-24(25(23)26)29(11-4,12-5)13-6;1-7-26(8-2,9-3)21-17-13-15-19-20-16-14-18-22(24(20)25-23(19)21)27(10-4,11-5)12-6;1-4-20(5-2,6-3)17-13-9-11-15-14-10-7-8-12-16(14)19-18(15)17;1-4-20(5-2,6-3)16-11-9-10-15(14-16)17-12-7-8-13-18(17)19;1-4-20(5-2,6-3)17-14-10-13-16(18(17)19)15-11-8-7-9-12-15;1-3-7-11-9(5-1)10-6-2-4-8-12(10)13-11;13-12-9-5-4-8-11(12)10-6-2-1-3-7-10/h14-19,26H,8-13H2,1-7H3;13-18H,7-12H2,1-6H3;7-13H,4-6H2,1-3H3;2*7-14,19H,4-6H2,1-3H3;1-8H;1-9,13H. The van der Waals surface area contributed by atoms with Crippen LogP contribution in [0.25, 0.3) is 110 Å². The Morgan fingerprint density at radius 3 is 0.824 bits per heavy atom. The van der Waals surface area contributed by atoms with Gasteiger partial charge in [-0.2, -0.15) is 0 Å². The molecule has 142 heavy (non-hydrogen) atoms. The molecule has 0 atom stereocenters. The molecular weight excluding hydrogens is 1850 g/mol. The fraction of sp³-hybridized carbons (Fsp3) is 0.339. The highest BCUT2D eigenvalue weighted by atomic mass is 28.3. The summed E-state index contributed by atoms with van der Waals surface area (Å²) in [5.74, 6) is 2.60. The first-order valence-corrected chi connectivity index (χ1v) is 72.1. The Morgan fingerprint density at radius 2 is 0.451 bits per heavy atom. The van der Waals surface area contributed by atoms with Gasteiger partial charge in [-0.3, -0.25) is 0 Å². The number of hydrogen-bond donors (Lipinski definition) is 4. The van der Waals surface area contributed by atoms with Crippen LogP contribution in [0.1, 0.15) is 145 Å². The molecule has 0 unspecified atom stereocenters. The summed E-state index contributed by atoms with van der Waals surface area (Å²) >= 11 is 0. The zero-order chi connectivity index (χ0) is 102. The second-order valence-electron chi connectivity index (χ2n) is 38.9. The first kappa shape index (κ1) is 111. The minimum atomic E-state index is -1.67. The molecule has 17 rings (SSSR count). The maximum atomic E-state index is 11.4. The van der Waals surface area contributed by atoms with Gasteiger partial charge < -0.3 is 38.4 Å². The third kappa shape index (κ3) is 23.6. The highest BCUT2D eigenvalue weighted by molar-refractivity contribution is 6.96. The molecule has 0 aliphatic carbocycles. The predicted octanol–water partition coefficient (Wildman–Crippen LogP) is 35.0. The molecule has 0 saturated heterocycles. The molecule has 4 N–H and O–H groups in total. The molecule has 0 aliphatic heterocycles. The molecule has 3 aromatic heterocycles. The van der Waals surface area contributed by atoms with E-state index < -0.39 is 56.5 Å². The second-order valence-corrected chi connectivity index (χ2v) is 75.6. The summed E-state index contributed by atoms with van der Waals surface area (Å²) in [7, 11) is -8.78. The number of methoxy groups -OCH3 is 1. The van der Waals surface area contributed by atoms with Crippen molar-refractivity contribution >= 4 is 159 Å². The summed E-state index contributed by atoms with van der Waals surface area (Å²) in [6.45, 7) is 49.0. The van der Waals surface area contributed by atoms with Crippen molar-refractivity contribution in [2.75, 3.05) is 7.11 Å². The normalized spacial score (nSPS) is 11.9. The molecular formula is C127H164O8Si7. The highest BCUT2D eigenvalue weighted by Crippen LogP contribution is 2.41. The minimum Gasteiger partial charge on any atom is -0.507 e. The Kier molecular flexibility index (Phi) is 40.8. The number of para-hydroxylation sites is 10. The molecule has 0 saturated carbocycles. The van der Waals surface area contributed by atoms with Crippen LogP contribution in [0.4, 0.5) is 0 Å². The van der Waals surface area contributed by atoms with E-state index in [0.29, 0.717) is 23.0 Å². The Morgan fingerprint density at radius 1 is 0.197 bits per heavy atom. The lowest BCUT2D eigenvalue weighted by Crippen LogP contribution is -2.46. The summed E-state index contributed by atoms with van der Waals surface area (Å²) < 4.78 is 24.4. The van der Waals surface area contributed by atoms with Crippen molar-refractivity contribution < 1.29 is 38.4 Å². The third-order valence-corrected chi connectivity index (χ3v) is 73.4. The van der Waals surface area contributed by atoms with Crippen molar-refractivity contribution in [2.45, 2.75) is 272 Å². The molecule has 0 radical (unpaired) electrons. The maximum Gasteiger partial charge on any atom is 0.135 e. The van der Waals surface area contributed by atoms with Crippen molar-refractivity contribution in [1.29, 1.82) is 0 Å². The number of benzene rings is 14. The molecule has 0 aliphatic rings. The average Bonchev–Trinajstić information content (AvgIpc) is 1.59. The van der Waals surface area contributed by atoms with Crippen LogP contribution in [0.3, 0.4) is 0 Å². The predicted molar refractivity (Wildman–Crippen MR) is 640 cm³/mol. The van der Waals surface area contributed by atoms with Gasteiger partial charge in [0.15, 0.2) is 0 Å². The second kappa shape index (κ2) is 52.0. The molecule has 0 fully saturated rings. The summed E-state index contributed by atoms with van der Waals surface area (Å²) in [5.41, 5.74) is 14.6. The number of phenols is 4. The summed E-state index contributed by atoms with van der Waals surface area (Å²) in [6.07, 6.45) is 0. The summed E-state index contributed by atoms with van der Waals surface area (Å²) in [5, 5.41) is 59.4. The number of hydrogen-bond acceptors (Lipinski definition) is 8. The van der Waals surface area contributed by atoms with Gasteiger partial charge in [0.1, 0.15) is 62.2 Å². The van der Waals surface area contributed by atoms with E-state index >= 15 is 0 Å². The first-order valence-electron chi connectivity index (χ1n) is 53.7. The van der Waals surface area contributed by atoms with E-state index in [1.807, 2.05) is 127 Å². The van der Waals surface area contributed by atoms with Crippen LogP contribution in [0, 0.1) is 0 Å². The van der Waals surface area contributed by atoms with Crippen LogP contribution < -0.4 is 41.0 Å². The van der Waals surface area contributed by atoms with Gasteiger partial charge in [-0.05, 0) is 90.7 Å². The number of phenolic OH excluding ortho intramolecular Hbond substituents is 4. The van der Waals surface area contributed by atoms with Gasteiger partial charge >= 0.3 is 0 Å². The van der Waals surface area contributed by atoms with Crippen molar-refractivity contribution in [2.24, 2.45) is 0 Å². The van der Waals surface area contributed by atoms with Gasteiger partial charge in [-0.15, -0.1) is 0 Å². The lowest BCUT2D eigenvalue weighted by Gasteiger charge is -2.31. The SMILES string of the molecule is CC[Si](CC)(CC)c1cc(OC)cc(-c2cccc([Si](CC)(CC)CC)c2O)c1.CC[Si](CC)(CC)c1cccc(-c2ccccc2)c1O.CC[Si](CC)(CC)c1cccc(-c2ccccc2O)c1.CC[Si](CC)(CC)c1cccc2c1oc1c([Si](CC)(CC)CC)cccc12.CC[Si](CC)(CC)c1cccc2c1oc1ccccc12.Oc1ccccc1-c1ccccc1.c1ccc2c(c1)oc1ccccc12. The lowest BCUT2D eigenvalue weighted by atomic mass is 10.0. The average molecular weight is 2020 g/mol. The van der Waals surface area contributed by atoms with Crippen molar-refractivity contribution in [1.82, 2.24) is 0 Å². The van der Waals surface area contributed by atoms with Gasteiger partial charge in [0.05, 0.1) is 63.6 Å². The van der Waals surface area contributed by atoms with E-state index in [9.17, 15) is 20.4 Å². The monoisotopic (exact) mass is 2010 g/mol. The lowest BCUT2D eigenvalue weighted by molar-refractivity contribution is 0.415. The van der Waals surface area contributed by atoms with Gasteiger partial charge in [0.2, 0.25) is 0 Å². The Hall–Kier alpha value is -11.0. The zero-order valence-electron chi connectivity index (χ0n) is 89.8. The van der Waals surface area contributed by atoms with Crippen LogP contribution in [0.5, 0.6) is 28.7 Å². The molecule has 0 bridgehead atoms. The van der Waals surface area contributed by atoms with Crippen LogP contribution in [0.2, 0.25) is 127 Å². The van der Waals surface area contributed by atoms with Crippen LogP contribution in [0.15, 0.2) is 329 Å². The van der Waals surface area contributed by atoms with Crippen LogP contribution in [-0.2, 0) is 0 Å². The van der Waals surface area contributed by atoms with Gasteiger partial charge in [0.25, 0.3) is 0 Å². The Bertz CT molecular complexity index is 6640. The maximum absolute atomic E-state index is 11.4. The summed E-state index contributed by atoms with van der Waals surface area (Å²) in [6, 6.07) is 134. The largest absolute Gasteiger partial charge is 0.507 e. The minimum absolute atomic E-state index is 0.328. The van der Waals surface area contributed by atoms with E-state index in [2.05, 4.69) is 321 Å². The van der Waals surface area contributed by atoms with Crippen molar-refractivity contribution in [3.8, 4) is 73.3 Å². The van der Waals surface area contributed by atoms with Crippen molar-refractivity contribution in [3.05, 3.63) is 315 Å². The van der Waals surface area contributed by atoms with E-state index in [4.69, 9.17) is 18.0 Å². The zero-order valence-corrected chi connectivity index (χ0v) is 96.8. The molecule has 0 spiro atoms. The molecule has 0 amide bonds. The fourth-order valence-corrected chi connectivity index (χ4v) is 49.1. The smallest absolute Gasteiger partial charge is 0.135 e. The first-order chi connectivity index (χ1) is 68.9. The molecule has 3 heterocycles. The van der Waals surface area contributed by atoms with Crippen LogP contribution >= 0.6 is 0 Å². The topological polar surface area (TPSA) is 130 Å². The number of ether oxygens (including phenoxy) is 1. The highest BCUT2D eigenvalue weighted by Gasteiger charge is 2.40. The molecule has 748 valence electrons. The van der Waals surface area contributed by atoms with E-state index in [1.54, 1.807) is 29.6 Å². The number of fused-ring (bicyclic) bond motifs is 9. The molecule has 15 heteroatoms. The van der Waals surface area contributed by atoms with Gasteiger partial charge in [0, 0.05) is 54.6 Å². The Balaban J connectivity index is 0.000000160. The molecule has 8 nitrogen and oxygen atoms in total. The fourth-order valence-electron chi connectivity index (χ4n) is 23.1. The molecule has 14 aromatic carbocycles. The molecule has 17 aromatic rings. The number of furan rings is 3. The van der Waals surface area contributed by atoms with Crippen molar-refractivity contribution in [3.63, 3.8) is 0 Å². The number of aromatic hydroxyl groups is 4. The van der Waals surface area contributed by atoms with Gasteiger partial charge in [-0.25, -0.2) is 0 Å². The Labute approximate surface area is 858 Å².